The average molecular weight is 353 g/mol. The summed E-state index contributed by atoms with van der Waals surface area (Å²) < 4.78 is 11.0. The van der Waals surface area contributed by atoms with Gasteiger partial charge < -0.3 is 14.6 Å². The predicted octanol–water partition coefficient (Wildman–Crippen LogP) is 2.46. The van der Waals surface area contributed by atoms with Gasteiger partial charge in [-0.25, -0.2) is 9.78 Å². The molecule has 7 heteroatoms. The number of carboxylic acid groups (broad SMARTS) is 1. The van der Waals surface area contributed by atoms with Crippen molar-refractivity contribution in [3.8, 4) is 5.88 Å². The SMILES string of the molecule is Cl.O=C(O)c1ccc2nc(OCCCN3CCOCC3)ccc2c1. The van der Waals surface area contributed by atoms with Crippen LogP contribution in [0.4, 0.5) is 0 Å². The molecule has 3 rings (SSSR count). The predicted molar refractivity (Wildman–Crippen MR) is 93.3 cm³/mol. The molecule has 0 saturated carbocycles. The fraction of sp³-hybridized carbons (Fsp3) is 0.412. The number of benzene rings is 1. The number of pyridine rings is 1. The Labute approximate surface area is 146 Å². The molecule has 1 aliphatic rings. The first-order valence-corrected chi connectivity index (χ1v) is 7.79. The van der Waals surface area contributed by atoms with Gasteiger partial charge in [-0.05, 0) is 30.7 Å². The van der Waals surface area contributed by atoms with Crippen molar-refractivity contribution < 1.29 is 19.4 Å². The third-order valence-corrected chi connectivity index (χ3v) is 3.88. The van der Waals surface area contributed by atoms with E-state index in [2.05, 4.69) is 9.88 Å². The number of rotatable bonds is 6. The maximum atomic E-state index is 11.0. The van der Waals surface area contributed by atoms with Crippen LogP contribution < -0.4 is 4.74 Å². The monoisotopic (exact) mass is 352 g/mol. The number of aromatic nitrogens is 1. The van der Waals surface area contributed by atoms with E-state index < -0.39 is 5.97 Å². The molecule has 0 spiro atoms. The van der Waals surface area contributed by atoms with Gasteiger partial charge in [0.15, 0.2) is 0 Å². The van der Waals surface area contributed by atoms with Crippen molar-refractivity contribution in [1.29, 1.82) is 0 Å². The number of carboxylic acids is 1. The first kappa shape index (κ1) is 18.4. The second-order valence-electron chi connectivity index (χ2n) is 5.52. The molecule has 1 aromatic carbocycles. The summed E-state index contributed by atoms with van der Waals surface area (Å²) in [5.74, 6) is -0.363. The molecule has 0 radical (unpaired) electrons. The first-order chi connectivity index (χ1) is 11.2. The van der Waals surface area contributed by atoms with Crippen LogP contribution in [0.25, 0.3) is 10.9 Å². The van der Waals surface area contributed by atoms with E-state index in [0.717, 1.165) is 50.2 Å². The van der Waals surface area contributed by atoms with Crippen molar-refractivity contribution in [2.75, 3.05) is 39.5 Å². The molecule has 1 fully saturated rings. The lowest BCUT2D eigenvalue weighted by molar-refractivity contribution is 0.0357. The standard InChI is InChI=1S/C17H20N2O4.ClH/c20-17(21)14-2-4-15-13(12-14)3-5-16(18-15)23-9-1-6-19-7-10-22-11-8-19;/h2-5,12H,1,6-11H2,(H,20,21);1H. The summed E-state index contributed by atoms with van der Waals surface area (Å²) in [7, 11) is 0. The lowest BCUT2D eigenvalue weighted by atomic mass is 10.1. The molecule has 2 aromatic rings. The second kappa shape index (κ2) is 8.82. The first-order valence-electron chi connectivity index (χ1n) is 7.79. The van der Waals surface area contributed by atoms with Gasteiger partial charge in [0.1, 0.15) is 0 Å². The fourth-order valence-corrected chi connectivity index (χ4v) is 2.61. The van der Waals surface area contributed by atoms with Gasteiger partial charge in [0.25, 0.3) is 0 Å². The van der Waals surface area contributed by atoms with Crippen molar-refractivity contribution in [2.45, 2.75) is 6.42 Å². The number of carbonyl (C=O) groups is 1. The number of aromatic carboxylic acids is 1. The molecule has 1 aliphatic heterocycles. The Morgan fingerprint density at radius 1 is 1.25 bits per heavy atom. The van der Waals surface area contributed by atoms with Crippen molar-refractivity contribution >= 4 is 29.3 Å². The number of ether oxygens (including phenoxy) is 2. The minimum absolute atomic E-state index is 0. The van der Waals surface area contributed by atoms with Crippen molar-refractivity contribution in [3.63, 3.8) is 0 Å². The molecule has 2 heterocycles. The molecule has 24 heavy (non-hydrogen) atoms. The summed E-state index contributed by atoms with van der Waals surface area (Å²) in [6.45, 7) is 5.21. The van der Waals surface area contributed by atoms with Crippen molar-refractivity contribution in [3.05, 3.63) is 35.9 Å². The Balaban J connectivity index is 0.00000208. The van der Waals surface area contributed by atoms with Gasteiger partial charge in [-0.2, -0.15) is 0 Å². The summed E-state index contributed by atoms with van der Waals surface area (Å²) in [5, 5.41) is 9.79. The van der Waals surface area contributed by atoms with E-state index in [1.807, 2.05) is 6.07 Å². The summed E-state index contributed by atoms with van der Waals surface area (Å²) in [4.78, 5) is 17.7. The third kappa shape index (κ3) is 4.80. The minimum atomic E-state index is -0.935. The Kier molecular flexibility index (Phi) is 6.78. The summed E-state index contributed by atoms with van der Waals surface area (Å²) in [6, 6.07) is 8.50. The van der Waals surface area contributed by atoms with Crippen LogP contribution in [0.3, 0.4) is 0 Å². The summed E-state index contributed by atoms with van der Waals surface area (Å²) in [5.41, 5.74) is 0.999. The van der Waals surface area contributed by atoms with E-state index in [0.29, 0.717) is 12.5 Å². The number of fused-ring (bicyclic) bond motifs is 1. The third-order valence-electron chi connectivity index (χ3n) is 3.88. The lowest BCUT2D eigenvalue weighted by Gasteiger charge is -2.26. The normalized spacial score (nSPS) is 15.0. The highest BCUT2D eigenvalue weighted by Crippen LogP contribution is 2.18. The highest BCUT2D eigenvalue weighted by Gasteiger charge is 2.09. The van der Waals surface area contributed by atoms with Crippen LogP contribution in [0.2, 0.25) is 0 Å². The molecule has 130 valence electrons. The van der Waals surface area contributed by atoms with Crippen LogP contribution in [0.1, 0.15) is 16.8 Å². The van der Waals surface area contributed by atoms with Crippen molar-refractivity contribution in [2.24, 2.45) is 0 Å². The average Bonchev–Trinajstić information content (AvgIpc) is 2.59. The molecule has 1 N–H and O–H groups in total. The van der Waals surface area contributed by atoms with Crippen LogP contribution in [-0.4, -0.2) is 60.4 Å². The lowest BCUT2D eigenvalue weighted by Crippen LogP contribution is -2.37. The number of hydrogen-bond acceptors (Lipinski definition) is 5. The maximum absolute atomic E-state index is 11.0. The number of nitrogens with zero attached hydrogens (tertiary/aromatic N) is 2. The maximum Gasteiger partial charge on any atom is 0.335 e. The van der Waals surface area contributed by atoms with Gasteiger partial charge in [-0.15, -0.1) is 12.4 Å². The zero-order valence-electron chi connectivity index (χ0n) is 13.3. The zero-order chi connectivity index (χ0) is 16.1. The molecular weight excluding hydrogens is 332 g/mol. The Morgan fingerprint density at radius 2 is 2.04 bits per heavy atom. The Morgan fingerprint density at radius 3 is 2.79 bits per heavy atom. The van der Waals surface area contributed by atoms with E-state index in [9.17, 15) is 4.79 Å². The number of halogens is 1. The van der Waals surface area contributed by atoms with Crippen LogP contribution in [-0.2, 0) is 4.74 Å². The smallest absolute Gasteiger partial charge is 0.335 e. The van der Waals surface area contributed by atoms with Gasteiger partial charge >= 0.3 is 5.97 Å². The summed E-state index contributed by atoms with van der Waals surface area (Å²) in [6.07, 6.45) is 0.942. The van der Waals surface area contributed by atoms with Gasteiger partial charge in [0, 0.05) is 31.1 Å². The van der Waals surface area contributed by atoms with Gasteiger partial charge in [-0.3, -0.25) is 4.90 Å². The van der Waals surface area contributed by atoms with Crippen LogP contribution >= 0.6 is 12.4 Å². The molecule has 0 unspecified atom stereocenters. The van der Waals surface area contributed by atoms with E-state index in [4.69, 9.17) is 14.6 Å². The van der Waals surface area contributed by atoms with Crippen LogP contribution in [0.15, 0.2) is 30.3 Å². The molecule has 6 nitrogen and oxygen atoms in total. The fourth-order valence-electron chi connectivity index (χ4n) is 2.61. The summed E-state index contributed by atoms with van der Waals surface area (Å²) >= 11 is 0. The molecule has 0 amide bonds. The number of hydrogen-bond donors (Lipinski definition) is 1. The molecule has 1 aromatic heterocycles. The van der Waals surface area contributed by atoms with Crippen LogP contribution in [0, 0.1) is 0 Å². The quantitative estimate of drug-likeness (QED) is 0.805. The van der Waals surface area contributed by atoms with Gasteiger partial charge in [0.2, 0.25) is 5.88 Å². The van der Waals surface area contributed by atoms with E-state index >= 15 is 0 Å². The number of morpholine rings is 1. The van der Waals surface area contributed by atoms with Gasteiger partial charge in [0.05, 0.1) is 30.9 Å². The van der Waals surface area contributed by atoms with E-state index in [-0.39, 0.29) is 18.0 Å². The van der Waals surface area contributed by atoms with E-state index in [1.54, 1.807) is 24.3 Å². The second-order valence-corrected chi connectivity index (χ2v) is 5.52. The largest absolute Gasteiger partial charge is 0.478 e. The highest BCUT2D eigenvalue weighted by atomic mass is 35.5. The Bertz CT molecular complexity index is 689. The van der Waals surface area contributed by atoms with Crippen molar-refractivity contribution in [1.82, 2.24) is 9.88 Å². The minimum Gasteiger partial charge on any atom is -0.478 e. The topological polar surface area (TPSA) is 71.9 Å². The highest BCUT2D eigenvalue weighted by molar-refractivity contribution is 5.93. The molecule has 0 atom stereocenters. The van der Waals surface area contributed by atoms with Gasteiger partial charge in [-0.1, -0.05) is 0 Å². The molecule has 0 bridgehead atoms. The van der Waals surface area contributed by atoms with E-state index in [1.165, 1.54) is 0 Å². The molecule has 0 aliphatic carbocycles. The zero-order valence-corrected chi connectivity index (χ0v) is 14.1. The Hall–Kier alpha value is -1.89. The molecular formula is C17H21ClN2O4. The van der Waals surface area contributed by atoms with Crippen LogP contribution in [0.5, 0.6) is 5.88 Å². The molecule has 1 saturated heterocycles.